The summed E-state index contributed by atoms with van der Waals surface area (Å²) < 4.78 is 24.9. The summed E-state index contributed by atoms with van der Waals surface area (Å²) in [7, 11) is -2.28. The molecule has 1 N–H and O–H groups in total. The average Bonchev–Trinajstić information content (AvgIpc) is 2.84. The van der Waals surface area contributed by atoms with Crippen LogP contribution in [0.5, 0.6) is 0 Å². The number of carbonyl (C=O) groups is 2. The Hall–Kier alpha value is -3.27. The summed E-state index contributed by atoms with van der Waals surface area (Å²) >= 11 is 6.01. The fraction of sp³-hybridized carbons (Fsp3) is 0.240. The Labute approximate surface area is 210 Å². The van der Waals surface area contributed by atoms with Crippen molar-refractivity contribution in [2.75, 3.05) is 19.8 Å². The quantitative estimate of drug-likeness (QED) is 0.448. The highest BCUT2D eigenvalue weighted by atomic mass is 35.5. The lowest BCUT2D eigenvalue weighted by Gasteiger charge is -2.32. The molecule has 3 aromatic rings. The normalized spacial score (nSPS) is 12.2. The summed E-state index contributed by atoms with van der Waals surface area (Å²) in [6.07, 6.45) is 2.66. The number of halogens is 1. The van der Waals surface area contributed by atoms with Crippen molar-refractivity contribution in [2.24, 2.45) is 0 Å². The van der Waals surface area contributed by atoms with Crippen LogP contribution >= 0.6 is 11.6 Å². The van der Waals surface area contributed by atoms with Crippen molar-refractivity contribution in [1.82, 2.24) is 19.5 Å². The number of nitrogens with zero attached hydrogens (tertiary/aromatic N) is 3. The van der Waals surface area contributed by atoms with Gasteiger partial charge in [-0.05, 0) is 35.4 Å². The highest BCUT2D eigenvalue weighted by molar-refractivity contribution is 7.88. The Morgan fingerprint density at radius 3 is 2.26 bits per heavy atom. The molecule has 0 radical (unpaired) electrons. The first kappa shape index (κ1) is 26.3. The summed E-state index contributed by atoms with van der Waals surface area (Å²) in [5.74, 6) is -0.930. The Bertz CT molecular complexity index is 1240. The molecule has 0 spiro atoms. The molecule has 0 aliphatic rings. The lowest BCUT2D eigenvalue weighted by Crippen LogP contribution is -2.47. The van der Waals surface area contributed by atoms with Crippen LogP contribution in [0.15, 0.2) is 79.0 Å². The van der Waals surface area contributed by atoms with Crippen LogP contribution < -0.4 is 5.32 Å². The Kier molecular flexibility index (Phi) is 8.97. The Balaban J connectivity index is 1.97. The number of aromatic nitrogens is 1. The number of rotatable bonds is 10. The molecule has 35 heavy (non-hydrogen) atoms. The minimum atomic E-state index is -3.61. The van der Waals surface area contributed by atoms with Crippen molar-refractivity contribution in [1.29, 1.82) is 0 Å². The minimum Gasteiger partial charge on any atom is -0.348 e. The molecular weight excluding hydrogens is 488 g/mol. The van der Waals surface area contributed by atoms with Crippen LogP contribution in [0.4, 0.5) is 0 Å². The van der Waals surface area contributed by atoms with Crippen LogP contribution in [-0.4, -0.2) is 54.3 Å². The van der Waals surface area contributed by atoms with Crippen molar-refractivity contribution in [3.8, 4) is 0 Å². The fourth-order valence-electron chi connectivity index (χ4n) is 3.39. The molecular formula is C25H27ClN4O4S. The molecule has 0 aliphatic carbocycles. The monoisotopic (exact) mass is 514 g/mol. The smallest absolute Gasteiger partial charge is 0.247 e. The number of likely N-dealkylation sites (N-methyl/N-ethyl adjacent to an activating group) is 1. The molecule has 0 unspecified atom stereocenters. The lowest BCUT2D eigenvalue weighted by molar-refractivity contribution is -0.141. The van der Waals surface area contributed by atoms with E-state index >= 15 is 0 Å². The maximum Gasteiger partial charge on any atom is 0.247 e. The number of sulfonamides is 1. The van der Waals surface area contributed by atoms with E-state index < -0.39 is 34.4 Å². The van der Waals surface area contributed by atoms with Crippen LogP contribution in [0.3, 0.4) is 0 Å². The van der Waals surface area contributed by atoms with Gasteiger partial charge in [-0.3, -0.25) is 14.6 Å². The van der Waals surface area contributed by atoms with E-state index in [-0.39, 0.29) is 13.1 Å². The molecule has 0 saturated carbocycles. The first-order valence-electron chi connectivity index (χ1n) is 10.8. The van der Waals surface area contributed by atoms with Crippen LogP contribution in [0, 0.1) is 0 Å². The third-order valence-electron chi connectivity index (χ3n) is 5.36. The molecule has 1 atom stereocenters. The second kappa shape index (κ2) is 11.9. The van der Waals surface area contributed by atoms with Gasteiger partial charge in [-0.2, -0.15) is 4.31 Å². The van der Waals surface area contributed by atoms with E-state index in [9.17, 15) is 18.0 Å². The van der Waals surface area contributed by atoms with Gasteiger partial charge in [0.2, 0.25) is 21.8 Å². The van der Waals surface area contributed by atoms with Gasteiger partial charge < -0.3 is 10.2 Å². The van der Waals surface area contributed by atoms with Crippen molar-refractivity contribution >= 4 is 33.4 Å². The molecule has 3 rings (SSSR count). The lowest BCUT2D eigenvalue weighted by atomic mass is 10.0. The van der Waals surface area contributed by atoms with E-state index in [2.05, 4.69) is 10.3 Å². The van der Waals surface area contributed by atoms with Crippen LogP contribution in [-0.2, 0) is 32.7 Å². The summed E-state index contributed by atoms with van der Waals surface area (Å²) in [5, 5.41) is 3.40. The third kappa shape index (κ3) is 7.61. The average molecular weight is 515 g/mol. The first-order chi connectivity index (χ1) is 16.6. The summed E-state index contributed by atoms with van der Waals surface area (Å²) in [4.78, 5) is 32.6. The van der Waals surface area contributed by atoms with E-state index in [1.54, 1.807) is 66.9 Å². The summed E-state index contributed by atoms with van der Waals surface area (Å²) in [5.41, 5.74) is 2.00. The summed E-state index contributed by atoms with van der Waals surface area (Å²) in [6.45, 7) is -0.164. The standard InChI is InChI=1S/C25H27ClN4O4S/c1-29(35(2,33)34)18-23(31)30(17-19-11-13-21(26)14-12-19)24(20-8-4-3-5-9-20)25(32)28-16-22-10-6-7-15-27-22/h3-15,24H,16-18H2,1-2H3,(H,28,32)/t24-/m0/s1. The molecule has 0 bridgehead atoms. The van der Waals surface area contributed by atoms with Gasteiger partial charge in [0.15, 0.2) is 0 Å². The number of hydrogen-bond acceptors (Lipinski definition) is 5. The predicted molar refractivity (Wildman–Crippen MR) is 135 cm³/mol. The zero-order chi connectivity index (χ0) is 25.4. The van der Waals surface area contributed by atoms with E-state index in [4.69, 9.17) is 11.6 Å². The molecule has 184 valence electrons. The highest BCUT2D eigenvalue weighted by Gasteiger charge is 2.32. The first-order valence-corrected chi connectivity index (χ1v) is 13.1. The molecule has 2 amide bonds. The second-order valence-corrected chi connectivity index (χ2v) is 10.5. The molecule has 8 nitrogen and oxygen atoms in total. The maximum absolute atomic E-state index is 13.5. The Morgan fingerprint density at radius 2 is 1.66 bits per heavy atom. The third-order valence-corrected chi connectivity index (χ3v) is 6.87. The molecule has 2 aromatic carbocycles. The van der Waals surface area contributed by atoms with Crippen molar-refractivity contribution in [2.45, 2.75) is 19.1 Å². The van der Waals surface area contributed by atoms with Crippen molar-refractivity contribution in [3.05, 3.63) is 101 Å². The molecule has 1 heterocycles. The van der Waals surface area contributed by atoms with Gasteiger partial charge in [-0.1, -0.05) is 60.1 Å². The number of benzene rings is 2. The molecule has 1 aromatic heterocycles. The van der Waals surface area contributed by atoms with Crippen LogP contribution in [0.1, 0.15) is 22.9 Å². The van der Waals surface area contributed by atoms with E-state index in [0.29, 0.717) is 16.3 Å². The zero-order valence-corrected chi connectivity index (χ0v) is 21.0. The summed E-state index contributed by atoms with van der Waals surface area (Å²) in [6, 6.07) is 20.2. The SMILES string of the molecule is CN(CC(=O)N(Cc1ccc(Cl)cc1)[C@H](C(=O)NCc1ccccn1)c1ccccc1)S(C)(=O)=O. The molecule has 0 fully saturated rings. The second-order valence-electron chi connectivity index (χ2n) is 8.02. The molecule has 0 saturated heterocycles. The van der Waals surface area contributed by atoms with Gasteiger partial charge in [0.1, 0.15) is 6.04 Å². The molecule has 0 aliphatic heterocycles. The Morgan fingerprint density at radius 1 is 1.00 bits per heavy atom. The number of hydrogen-bond donors (Lipinski definition) is 1. The minimum absolute atomic E-state index is 0.0736. The van der Waals surface area contributed by atoms with E-state index in [1.165, 1.54) is 11.9 Å². The number of carbonyl (C=O) groups excluding carboxylic acids is 2. The number of amides is 2. The van der Waals surface area contributed by atoms with Crippen LogP contribution in [0.2, 0.25) is 5.02 Å². The van der Waals surface area contributed by atoms with Crippen molar-refractivity contribution < 1.29 is 18.0 Å². The predicted octanol–water partition coefficient (Wildman–Crippen LogP) is 3.01. The largest absolute Gasteiger partial charge is 0.348 e. The van der Waals surface area contributed by atoms with Crippen molar-refractivity contribution in [3.63, 3.8) is 0 Å². The topological polar surface area (TPSA) is 99.7 Å². The number of pyridine rings is 1. The maximum atomic E-state index is 13.5. The van der Waals surface area contributed by atoms with Gasteiger partial charge in [0.05, 0.1) is 25.0 Å². The van der Waals surface area contributed by atoms with Gasteiger partial charge in [0.25, 0.3) is 0 Å². The highest BCUT2D eigenvalue weighted by Crippen LogP contribution is 2.25. The number of nitrogens with one attached hydrogen (secondary N) is 1. The van der Waals surface area contributed by atoms with Crippen LogP contribution in [0.25, 0.3) is 0 Å². The van der Waals surface area contributed by atoms with E-state index in [1.807, 2.05) is 12.1 Å². The fourth-order valence-corrected chi connectivity index (χ4v) is 3.86. The van der Waals surface area contributed by atoms with Gasteiger partial charge in [0, 0.05) is 24.8 Å². The zero-order valence-electron chi connectivity index (χ0n) is 19.5. The van der Waals surface area contributed by atoms with Gasteiger partial charge in [-0.25, -0.2) is 8.42 Å². The van der Waals surface area contributed by atoms with Gasteiger partial charge >= 0.3 is 0 Å². The van der Waals surface area contributed by atoms with E-state index in [0.717, 1.165) is 16.1 Å². The van der Waals surface area contributed by atoms with Gasteiger partial charge in [-0.15, -0.1) is 0 Å². The molecule has 10 heteroatoms.